The van der Waals surface area contributed by atoms with Crippen LogP contribution in [0.15, 0.2) is 0 Å². The third-order valence-electron chi connectivity index (χ3n) is 2.86. The second-order valence-electron chi connectivity index (χ2n) is 4.65. The smallest absolute Gasteiger partial charge is 0.00411 e. The predicted molar refractivity (Wildman–Crippen MR) is 65.7 cm³/mol. The molecule has 0 heterocycles. The summed E-state index contributed by atoms with van der Waals surface area (Å²) >= 11 is 0. The third kappa shape index (κ3) is 8.55. The van der Waals surface area contributed by atoms with Crippen LogP contribution in [0.25, 0.3) is 0 Å². The van der Waals surface area contributed by atoms with E-state index in [4.69, 9.17) is 0 Å². The van der Waals surface area contributed by atoms with Crippen LogP contribution in [0, 0.1) is 5.92 Å². The van der Waals surface area contributed by atoms with E-state index in [0.717, 1.165) is 12.5 Å². The molecule has 0 aromatic heterocycles. The van der Waals surface area contributed by atoms with Gasteiger partial charge < -0.3 is 5.32 Å². The van der Waals surface area contributed by atoms with Gasteiger partial charge in [-0.15, -0.1) is 0 Å². The van der Waals surface area contributed by atoms with Crippen molar-refractivity contribution in [2.24, 2.45) is 5.92 Å². The summed E-state index contributed by atoms with van der Waals surface area (Å²) in [6.07, 6.45) is 8.36. The Balaban J connectivity index is 3.30. The molecule has 0 saturated carbocycles. The molecule has 0 radical (unpaired) electrons. The Labute approximate surface area is 90.7 Å². The molecule has 0 fully saturated rings. The standard InChI is InChI=1S/C13H29N/c1-5-7-8-9-10-12(3)11-13(4)14-6-2/h12-14H,5-11H2,1-4H3. The minimum absolute atomic E-state index is 0.696. The van der Waals surface area contributed by atoms with E-state index in [9.17, 15) is 0 Å². The Kier molecular flexibility index (Phi) is 9.49. The Hall–Kier alpha value is -0.0400. The normalized spacial score (nSPS) is 15.4. The molecule has 86 valence electrons. The minimum atomic E-state index is 0.696. The molecular formula is C13H29N. The lowest BCUT2D eigenvalue weighted by molar-refractivity contribution is 0.394. The Morgan fingerprint density at radius 3 is 2.29 bits per heavy atom. The lowest BCUT2D eigenvalue weighted by atomic mass is 9.96. The van der Waals surface area contributed by atoms with Crippen LogP contribution in [0.5, 0.6) is 0 Å². The van der Waals surface area contributed by atoms with Crippen molar-refractivity contribution in [1.29, 1.82) is 0 Å². The maximum absolute atomic E-state index is 3.48. The van der Waals surface area contributed by atoms with Gasteiger partial charge in [-0.1, -0.05) is 52.9 Å². The first kappa shape index (κ1) is 14.0. The van der Waals surface area contributed by atoms with Gasteiger partial charge >= 0.3 is 0 Å². The highest BCUT2D eigenvalue weighted by molar-refractivity contribution is 4.64. The summed E-state index contributed by atoms with van der Waals surface area (Å²) in [6.45, 7) is 10.2. The summed E-state index contributed by atoms with van der Waals surface area (Å²) in [4.78, 5) is 0. The molecule has 0 aliphatic rings. The molecule has 0 aromatic rings. The van der Waals surface area contributed by atoms with E-state index in [0.29, 0.717) is 6.04 Å². The lowest BCUT2D eigenvalue weighted by Crippen LogP contribution is -2.27. The quantitative estimate of drug-likeness (QED) is 0.554. The third-order valence-corrected chi connectivity index (χ3v) is 2.86. The van der Waals surface area contributed by atoms with Crippen LogP contribution in [0.3, 0.4) is 0 Å². The van der Waals surface area contributed by atoms with Crippen molar-refractivity contribution in [2.75, 3.05) is 6.54 Å². The van der Waals surface area contributed by atoms with Crippen LogP contribution in [0.1, 0.15) is 66.2 Å². The van der Waals surface area contributed by atoms with Crippen LogP contribution in [0.4, 0.5) is 0 Å². The average molecular weight is 199 g/mol. The van der Waals surface area contributed by atoms with Gasteiger partial charge in [0.1, 0.15) is 0 Å². The molecule has 14 heavy (non-hydrogen) atoms. The zero-order chi connectivity index (χ0) is 10.8. The molecule has 0 aliphatic carbocycles. The van der Waals surface area contributed by atoms with E-state index in [-0.39, 0.29) is 0 Å². The monoisotopic (exact) mass is 199 g/mol. The number of unbranched alkanes of at least 4 members (excludes halogenated alkanes) is 3. The Morgan fingerprint density at radius 1 is 1.00 bits per heavy atom. The minimum Gasteiger partial charge on any atom is -0.315 e. The molecule has 0 amide bonds. The molecule has 0 bridgehead atoms. The van der Waals surface area contributed by atoms with E-state index >= 15 is 0 Å². The second-order valence-corrected chi connectivity index (χ2v) is 4.65. The van der Waals surface area contributed by atoms with E-state index in [1.54, 1.807) is 0 Å². The number of nitrogens with one attached hydrogen (secondary N) is 1. The van der Waals surface area contributed by atoms with E-state index in [1.807, 2.05) is 0 Å². The average Bonchev–Trinajstić information content (AvgIpc) is 2.13. The Bertz CT molecular complexity index is 112. The van der Waals surface area contributed by atoms with Crippen LogP contribution >= 0.6 is 0 Å². The maximum atomic E-state index is 3.48. The summed E-state index contributed by atoms with van der Waals surface area (Å²) in [5, 5.41) is 3.48. The highest BCUT2D eigenvalue weighted by Crippen LogP contribution is 2.15. The number of hydrogen-bond acceptors (Lipinski definition) is 1. The summed E-state index contributed by atoms with van der Waals surface area (Å²) < 4.78 is 0. The van der Waals surface area contributed by atoms with Crippen molar-refractivity contribution < 1.29 is 0 Å². The molecule has 2 atom stereocenters. The molecule has 0 aromatic carbocycles. The summed E-state index contributed by atoms with van der Waals surface area (Å²) in [6, 6.07) is 0.696. The molecule has 1 nitrogen and oxygen atoms in total. The zero-order valence-electron chi connectivity index (χ0n) is 10.6. The first-order chi connectivity index (χ1) is 6.70. The summed E-state index contributed by atoms with van der Waals surface area (Å²) in [5.74, 6) is 0.890. The van der Waals surface area contributed by atoms with E-state index in [2.05, 4.69) is 33.0 Å². The molecule has 2 unspecified atom stereocenters. The van der Waals surface area contributed by atoms with Gasteiger partial charge in [0.15, 0.2) is 0 Å². The second kappa shape index (κ2) is 9.51. The van der Waals surface area contributed by atoms with Crippen LogP contribution in [-0.4, -0.2) is 12.6 Å². The number of hydrogen-bond donors (Lipinski definition) is 1. The van der Waals surface area contributed by atoms with Gasteiger partial charge in [-0.05, 0) is 25.8 Å². The predicted octanol–water partition coefficient (Wildman–Crippen LogP) is 3.98. The Morgan fingerprint density at radius 2 is 1.71 bits per heavy atom. The van der Waals surface area contributed by atoms with Crippen molar-refractivity contribution in [1.82, 2.24) is 5.32 Å². The van der Waals surface area contributed by atoms with Gasteiger partial charge in [-0.25, -0.2) is 0 Å². The fourth-order valence-corrected chi connectivity index (χ4v) is 2.07. The SMILES string of the molecule is CCCCCCC(C)CC(C)NCC. The summed E-state index contributed by atoms with van der Waals surface area (Å²) in [7, 11) is 0. The molecule has 1 N–H and O–H groups in total. The highest BCUT2D eigenvalue weighted by Gasteiger charge is 2.06. The van der Waals surface area contributed by atoms with Crippen molar-refractivity contribution in [3.8, 4) is 0 Å². The highest BCUT2D eigenvalue weighted by atomic mass is 14.9. The number of rotatable bonds is 9. The van der Waals surface area contributed by atoms with E-state index in [1.165, 1.54) is 38.5 Å². The first-order valence-electron chi connectivity index (χ1n) is 6.44. The molecular weight excluding hydrogens is 170 g/mol. The molecule has 0 saturated heterocycles. The van der Waals surface area contributed by atoms with Crippen molar-refractivity contribution in [3.63, 3.8) is 0 Å². The van der Waals surface area contributed by atoms with Gasteiger partial charge in [-0.3, -0.25) is 0 Å². The van der Waals surface area contributed by atoms with Crippen LogP contribution in [-0.2, 0) is 0 Å². The lowest BCUT2D eigenvalue weighted by Gasteiger charge is -2.17. The van der Waals surface area contributed by atoms with Gasteiger partial charge in [0.25, 0.3) is 0 Å². The summed E-state index contributed by atoms with van der Waals surface area (Å²) in [5.41, 5.74) is 0. The first-order valence-corrected chi connectivity index (χ1v) is 6.44. The topological polar surface area (TPSA) is 12.0 Å². The molecule has 0 rings (SSSR count). The largest absolute Gasteiger partial charge is 0.315 e. The molecule has 0 spiro atoms. The fraction of sp³-hybridized carbons (Fsp3) is 1.00. The van der Waals surface area contributed by atoms with Crippen LogP contribution < -0.4 is 5.32 Å². The van der Waals surface area contributed by atoms with Gasteiger partial charge in [0.2, 0.25) is 0 Å². The maximum Gasteiger partial charge on any atom is 0.00411 e. The van der Waals surface area contributed by atoms with Crippen LogP contribution in [0.2, 0.25) is 0 Å². The van der Waals surface area contributed by atoms with Gasteiger partial charge in [0.05, 0.1) is 0 Å². The van der Waals surface area contributed by atoms with Gasteiger partial charge in [0, 0.05) is 6.04 Å². The van der Waals surface area contributed by atoms with Crippen molar-refractivity contribution >= 4 is 0 Å². The molecule has 1 heteroatoms. The fourth-order valence-electron chi connectivity index (χ4n) is 2.07. The molecule has 0 aliphatic heterocycles. The zero-order valence-corrected chi connectivity index (χ0v) is 10.6. The van der Waals surface area contributed by atoms with Crippen molar-refractivity contribution in [2.45, 2.75) is 72.3 Å². The van der Waals surface area contributed by atoms with Crippen molar-refractivity contribution in [3.05, 3.63) is 0 Å². The van der Waals surface area contributed by atoms with E-state index < -0.39 is 0 Å². The van der Waals surface area contributed by atoms with Gasteiger partial charge in [-0.2, -0.15) is 0 Å².